The monoisotopic (exact) mass is 338 g/mol. The Hall–Kier alpha value is -2.34. The van der Waals surface area contributed by atoms with Gasteiger partial charge in [-0.2, -0.15) is 13.2 Å². The molecule has 2 rings (SSSR count). The van der Waals surface area contributed by atoms with E-state index in [0.717, 1.165) is 0 Å². The zero-order chi connectivity index (χ0) is 17.6. The molecule has 0 amide bonds. The van der Waals surface area contributed by atoms with Crippen LogP contribution in [0.25, 0.3) is 0 Å². The molecule has 24 heavy (non-hydrogen) atoms. The van der Waals surface area contributed by atoms with Crippen molar-refractivity contribution in [2.45, 2.75) is 12.1 Å². The summed E-state index contributed by atoms with van der Waals surface area (Å²) in [4.78, 5) is 12.7. The number of Topliss-reactive ketones (excluding diaryl/α,β-unsaturated/α-hetero) is 1. The highest BCUT2D eigenvalue weighted by Gasteiger charge is 2.30. The Morgan fingerprint density at radius 1 is 1.08 bits per heavy atom. The molecule has 0 aliphatic rings. The first kappa shape index (κ1) is 18.0. The van der Waals surface area contributed by atoms with Gasteiger partial charge in [0.2, 0.25) is 0 Å². The van der Waals surface area contributed by atoms with Crippen molar-refractivity contribution in [3.05, 3.63) is 65.7 Å². The Bertz CT molecular complexity index is 669. The fraction of sp³-hybridized carbons (Fsp3) is 0.278. The Morgan fingerprint density at radius 3 is 2.42 bits per heavy atom. The van der Waals surface area contributed by atoms with E-state index in [1.54, 1.807) is 54.6 Å². The Balaban J connectivity index is 2.25. The largest absolute Gasteiger partial charge is 0.497 e. The van der Waals surface area contributed by atoms with Gasteiger partial charge in [-0.3, -0.25) is 4.79 Å². The van der Waals surface area contributed by atoms with Gasteiger partial charge in [0.25, 0.3) is 0 Å². The average molecular weight is 338 g/mol. The van der Waals surface area contributed by atoms with Crippen LogP contribution in [0.5, 0.6) is 5.75 Å². The van der Waals surface area contributed by atoms with Crippen molar-refractivity contribution in [3.8, 4) is 5.75 Å². The molecule has 0 aliphatic heterocycles. The first-order chi connectivity index (χ1) is 11.4. The summed E-state index contributed by atoms with van der Waals surface area (Å²) in [6.45, 7) is -1.75. The van der Waals surface area contributed by atoms with Crippen LogP contribution in [0.4, 0.5) is 13.2 Å². The maximum absolute atomic E-state index is 12.7. The van der Waals surface area contributed by atoms with Crippen LogP contribution in [0.15, 0.2) is 54.6 Å². The van der Waals surface area contributed by atoms with Crippen molar-refractivity contribution >= 4 is 5.78 Å². The Morgan fingerprint density at radius 2 is 1.79 bits per heavy atom. The average Bonchev–Trinajstić information content (AvgIpc) is 2.58. The lowest BCUT2D eigenvalue weighted by Gasteiger charge is -2.18. The summed E-state index contributed by atoms with van der Waals surface area (Å²) >= 11 is 0. The lowest BCUT2D eigenvalue weighted by molar-refractivity contribution is -0.174. The molecule has 0 saturated heterocycles. The number of alkyl halides is 3. The van der Waals surface area contributed by atoms with E-state index in [-0.39, 0.29) is 12.4 Å². The van der Waals surface area contributed by atoms with Crippen LogP contribution in [0.3, 0.4) is 0 Å². The van der Waals surface area contributed by atoms with Gasteiger partial charge in [-0.1, -0.05) is 42.5 Å². The second-order valence-corrected chi connectivity index (χ2v) is 5.19. The van der Waals surface area contributed by atoms with E-state index in [9.17, 15) is 18.0 Å². The van der Waals surface area contributed by atoms with Crippen LogP contribution in [0.1, 0.15) is 21.8 Å². The molecule has 0 heterocycles. The summed E-state index contributed by atoms with van der Waals surface area (Å²) < 4.78 is 46.8. The molecule has 0 radical (unpaired) electrons. The van der Waals surface area contributed by atoms with Crippen molar-refractivity contribution in [2.75, 3.05) is 20.3 Å². The molecule has 0 fully saturated rings. The summed E-state index contributed by atoms with van der Waals surface area (Å²) in [6, 6.07) is 15.1. The molecule has 1 atom stereocenters. The SMILES string of the molecule is COc1cccc(C(COCC(F)(F)F)C(=O)c2ccccc2)c1. The van der Waals surface area contributed by atoms with Gasteiger partial charge >= 0.3 is 6.18 Å². The summed E-state index contributed by atoms with van der Waals surface area (Å²) in [5, 5.41) is 0. The maximum Gasteiger partial charge on any atom is 0.411 e. The van der Waals surface area contributed by atoms with Crippen LogP contribution in [-0.4, -0.2) is 32.3 Å². The summed E-state index contributed by atoms with van der Waals surface area (Å²) in [5.41, 5.74) is 0.964. The van der Waals surface area contributed by atoms with Crippen molar-refractivity contribution in [2.24, 2.45) is 0 Å². The minimum Gasteiger partial charge on any atom is -0.497 e. The number of halogens is 3. The summed E-state index contributed by atoms with van der Waals surface area (Å²) in [7, 11) is 1.48. The molecule has 0 aliphatic carbocycles. The van der Waals surface area contributed by atoms with Gasteiger partial charge in [-0.15, -0.1) is 0 Å². The van der Waals surface area contributed by atoms with Crippen molar-refractivity contribution < 1.29 is 27.4 Å². The number of rotatable bonds is 7. The second kappa shape index (κ2) is 7.97. The van der Waals surface area contributed by atoms with Gasteiger partial charge in [0.05, 0.1) is 19.6 Å². The van der Waals surface area contributed by atoms with Gasteiger partial charge in [-0.05, 0) is 17.7 Å². The minimum atomic E-state index is -4.44. The number of methoxy groups -OCH3 is 1. The molecule has 2 aromatic rings. The van der Waals surface area contributed by atoms with Gasteiger partial charge in [-0.25, -0.2) is 0 Å². The molecule has 128 valence electrons. The lowest BCUT2D eigenvalue weighted by Crippen LogP contribution is -2.23. The van der Waals surface area contributed by atoms with Crippen LogP contribution in [0.2, 0.25) is 0 Å². The number of carbonyl (C=O) groups is 1. The fourth-order valence-electron chi connectivity index (χ4n) is 2.28. The van der Waals surface area contributed by atoms with Gasteiger partial charge < -0.3 is 9.47 Å². The first-order valence-corrected chi connectivity index (χ1v) is 7.28. The van der Waals surface area contributed by atoms with E-state index in [0.29, 0.717) is 16.9 Å². The van der Waals surface area contributed by atoms with Crippen LogP contribution >= 0.6 is 0 Å². The summed E-state index contributed by atoms with van der Waals surface area (Å²) in [6.07, 6.45) is -4.44. The van der Waals surface area contributed by atoms with E-state index in [2.05, 4.69) is 0 Å². The predicted octanol–water partition coefficient (Wildman–Crippen LogP) is 4.24. The maximum atomic E-state index is 12.7. The van der Waals surface area contributed by atoms with Gasteiger partial charge in [0, 0.05) is 5.56 Å². The van der Waals surface area contributed by atoms with Gasteiger partial charge in [0.1, 0.15) is 12.4 Å². The molecular formula is C18H17F3O3. The highest BCUT2D eigenvalue weighted by Crippen LogP contribution is 2.26. The van der Waals surface area contributed by atoms with E-state index in [1.807, 2.05) is 0 Å². The number of benzene rings is 2. The molecular weight excluding hydrogens is 321 g/mol. The molecule has 0 spiro atoms. The topological polar surface area (TPSA) is 35.5 Å². The molecule has 6 heteroatoms. The molecule has 1 unspecified atom stereocenters. The smallest absolute Gasteiger partial charge is 0.411 e. The highest BCUT2D eigenvalue weighted by atomic mass is 19.4. The zero-order valence-corrected chi connectivity index (χ0v) is 13.0. The standard InChI is InChI=1S/C18H17F3O3/c1-23-15-9-5-8-14(10-15)16(11-24-12-18(19,20)21)17(22)13-6-3-2-4-7-13/h2-10,16H,11-12H2,1H3. The predicted molar refractivity (Wildman–Crippen MR) is 83.4 cm³/mol. The van der Waals surface area contributed by atoms with Gasteiger partial charge in [0.15, 0.2) is 5.78 Å². The summed E-state index contributed by atoms with van der Waals surface area (Å²) in [5.74, 6) is -0.620. The van der Waals surface area contributed by atoms with Crippen LogP contribution in [-0.2, 0) is 4.74 Å². The molecule has 0 N–H and O–H groups in total. The quantitative estimate of drug-likeness (QED) is 0.709. The third-order valence-corrected chi connectivity index (χ3v) is 3.42. The van der Waals surface area contributed by atoms with Crippen LogP contribution in [0, 0.1) is 0 Å². The highest BCUT2D eigenvalue weighted by molar-refractivity contribution is 6.01. The third-order valence-electron chi connectivity index (χ3n) is 3.42. The molecule has 3 nitrogen and oxygen atoms in total. The second-order valence-electron chi connectivity index (χ2n) is 5.19. The molecule has 0 aromatic heterocycles. The Kier molecular flexibility index (Phi) is 5.98. The number of carbonyl (C=O) groups excluding carboxylic acids is 1. The molecule has 0 bridgehead atoms. The van der Waals surface area contributed by atoms with Crippen molar-refractivity contribution in [1.29, 1.82) is 0 Å². The number of hydrogen-bond acceptors (Lipinski definition) is 3. The van der Waals surface area contributed by atoms with Crippen LogP contribution < -0.4 is 4.74 Å². The first-order valence-electron chi connectivity index (χ1n) is 7.28. The van der Waals surface area contributed by atoms with Crippen molar-refractivity contribution in [3.63, 3.8) is 0 Å². The third kappa shape index (κ3) is 5.09. The fourth-order valence-corrected chi connectivity index (χ4v) is 2.28. The number of hydrogen-bond donors (Lipinski definition) is 0. The van der Waals surface area contributed by atoms with E-state index in [1.165, 1.54) is 7.11 Å². The minimum absolute atomic E-state index is 0.300. The molecule has 0 saturated carbocycles. The van der Waals surface area contributed by atoms with E-state index >= 15 is 0 Å². The van der Waals surface area contributed by atoms with Crippen molar-refractivity contribution in [1.82, 2.24) is 0 Å². The zero-order valence-electron chi connectivity index (χ0n) is 13.0. The Labute approximate surface area is 138 Å². The normalized spacial score (nSPS) is 12.7. The lowest BCUT2D eigenvalue weighted by atomic mass is 9.91. The molecule has 2 aromatic carbocycles. The number of ether oxygens (including phenoxy) is 2. The van der Waals surface area contributed by atoms with E-state index < -0.39 is 18.7 Å². The van der Waals surface area contributed by atoms with E-state index in [4.69, 9.17) is 9.47 Å². The number of ketones is 1.